The first-order chi connectivity index (χ1) is 12.2. The highest BCUT2D eigenvalue weighted by atomic mass is 16.7. The van der Waals surface area contributed by atoms with Gasteiger partial charge in [-0.1, -0.05) is 36.8 Å². The Labute approximate surface area is 150 Å². The zero-order valence-electron chi connectivity index (χ0n) is 15.2. The van der Waals surface area contributed by atoms with Gasteiger partial charge in [-0.05, 0) is 31.7 Å². The fraction of sp³-hybridized carbons (Fsp3) is 0.650. The number of benzene rings is 1. The number of carbonyl (C=O) groups excluding carboxylic acids is 1. The molecule has 0 bridgehead atoms. The normalized spacial score (nSPS) is 22.3. The van der Waals surface area contributed by atoms with Crippen LogP contribution in [0.1, 0.15) is 44.6 Å². The predicted octanol–water partition coefficient (Wildman–Crippen LogP) is 3.34. The molecule has 0 unspecified atom stereocenters. The molecule has 1 atom stereocenters. The standard InChI is InChI=1S/C20H30N2O3/c1-17-16-24-20(25-17)11-14-22(15-12-20)19(23)21-13-7-3-6-10-18-8-4-2-5-9-18/h2,4-5,8-9,17H,3,6-7,10-16H2,1H3,(H,21,23)/t17-/m0/s1. The molecule has 5 heteroatoms. The summed E-state index contributed by atoms with van der Waals surface area (Å²) in [5.41, 5.74) is 1.39. The van der Waals surface area contributed by atoms with Crippen LogP contribution in [0.15, 0.2) is 30.3 Å². The van der Waals surface area contributed by atoms with Crippen molar-refractivity contribution >= 4 is 6.03 Å². The summed E-state index contributed by atoms with van der Waals surface area (Å²) in [5, 5.41) is 3.04. The van der Waals surface area contributed by atoms with Gasteiger partial charge in [-0.2, -0.15) is 0 Å². The number of hydrogen-bond acceptors (Lipinski definition) is 3. The van der Waals surface area contributed by atoms with Crippen molar-refractivity contribution in [3.63, 3.8) is 0 Å². The molecule has 25 heavy (non-hydrogen) atoms. The van der Waals surface area contributed by atoms with Crippen molar-refractivity contribution < 1.29 is 14.3 Å². The number of unbranched alkanes of at least 4 members (excludes halogenated alkanes) is 2. The molecule has 0 aromatic heterocycles. The second-order valence-corrected chi connectivity index (χ2v) is 7.17. The van der Waals surface area contributed by atoms with Crippen molar-refractivity contribution in [3.8, 4) is 0 Å². The Balaban J connectivity index is 1.26. The summed E-state index contributed by atoms with van der Waals surface area (Å²) in [6, 6.07) is 10.6. The minimum atomic E-state index is -0.437. The van der Waals surface area contributed by atoms with E-state index in [1.165, 1.54) is 12.0 Å². The average molecular weight is 346 g/mol. The summed E-state index contributed by atoms with van der Waals surface area (Å²) in [4.78, 5) is 14.1. The summed E-state index contributed by atoms with van der Waals surface area (Å²) in [7, 11) is 0. The van der Waals surface area contributed by atoms with Crippen molar-refractivity contribution in [3.05, 3.63) is 35.9 Å². The number of nitrogens with zero attached hydrogens (tertiary/aromatic N) is 1. The van der Waals surface area contributed by atoms with E-state index in [1.807, 2.05) is 17.9 Å². The number of urea groups is 1. The first-order valence-electron chi connectivity index (χ1n) is 9.55. The third-order valence-corrected chi connectivity index (χ3v) is 5.07. The number of hydrogen-bond donors (Lipinski definition) is 1. The van der Waals surface area contributed by atoms with Crippen LogP contribution in [-0.2, 0) is 15.9 Å². The molecular formula is C20H30N2O3. The molecule has 0 aliphatic carbocycles. The van der Waals surface area contributed by atoms with Gasteiger partial charge in [0.15, 0.2) is 5.79 Å². The molecule has 2 heterocycles. The lowest BCUT2D eigenvalue weighted by Crippen LogP contribution is -2.50. The van der Waals surface area contributed by atoms with Crippen LogP contribution in [0.4, 0.5) is 4.79 Å². The number of piperidine rings is 1. The Morgan fingerprint density at radius 3 is 2.64 bits per heavy atom. The predicted molar refractivity (Wildman–Crippen MR) is 97.4 cm³/mol. The van der Waals surface area contributed by atoms with E-state index in [-0.39, 0.29) is 12.1 Å². The van der Waals surface area contributed by atoms with Gasteiger partial charge in [0.05, 0.1) is 12.7 Å². The van der Waals surface area contributed by atoms with Crippen LogP contribution in [0, 0.1) is 0 Å². The molecule has 2 aliphatic rings. The van der Waals surface area contributed by atoms with Gasteiger partial charge in [0.1, 0.15) is 0 Å². The number of ether oxygens (including phenoxy) is 2. The SMILES string of the molecule is C[C@H]1COC2(CCN(C(=O)NCCCCCc3ccccc3)CC2)O1. The molecule has 1 aromatic rings. The molecule has 2 fully saturated rings. The van der Waals surface area contributed by atoms with E-state index in [1.54, 1.807) is 0 Å². The van der Waals surface area contributed by atoms with Crippen molar-refractivity contribution in [2.24, 2.45) is 0 Å². The highest BCUT2D eigenvalue weighted by Gasteiger charge is 2.43. The molecule has 1 aromatic carbocycles. The minimum Gasteiger partial charge on any atom is -0.347 e. The Hall–Kier alpha value is -1.59. The monoisotopic (exact) mass is 346 g/mol. The first kappa shape index (κ1) is 18.2. The molecule has 2 aliphatic heterocycles. The Kier molecular flexibility index (Phi) is 6.32. The maximum absolute atomic E-state index is 12.3. The molecule has 1 spiro atoms. The molecule has 0 saturated carbocycles. The lowest BCUT2D eigenvalue weighted by atomic mass is 10.0. The van der Waals surface area contributed by atoms with Gasteiger partial charge in [0.25, 0.3) is 0 Å². The van der Waals surface area contributed by atoms with Crippen LogP contribution < -0.4 is 5.32 Å². The fourth-order valence-electron chi connectivity index (χ4n) is 3.60. The molecule has 1 N–H and O–H groups in total. The quantitative estimate of drug-likeness (QED) is 0.804. The molecule has 2 saturated heterocycles. The Morgan fingerprint density at radius 1 is 1.20 bits per heavy atom. The van der Waals surface area contributed by atoms with Crippen molar-refractivity contribution in [1.29, 1.82) is 0 Å². The van der Waals surface area contributed by atoms with Gasteiger partial charge in [0, 0.05) is 32.5 Å². The second-order valence-electron chi connectivity index (χ2n) is 7.17. The van der Waals surface area contributed by atoms with E-state index >= 15 is 0 Å². The molecule has 0 radical (unpaired) electrons. The highest BCUT2D eigenvalue weighted by molar-refractivity contribution is 5.74. The highest BCUT2D eigenvalue weighted by Crippen LogP contribution is 2.33. The lowest BCUT2D eigenvalue weighted by molar-refractivity contribution is -0.189. The second kappa shape index (κ2) is 8.68. The maximum atomic E-state index is 12.3. The number of aryl methyl sites for hydroxylation is 1. The number of rotatable bonds is 6. The van der Waals surface area contributed by atoms with Gasteiger partial charge >= 0.3 is 6.03 Å². The van der Waals surface area contributed by atoms with E-state index in [2.05, 4.69) is 29.6 Å². The van der Waals surface area contributed by atoms with Gasteiger partial charge in [-0.3, -0.25) is 0 Å². The molecule has 138 valence electrons. The van der Waals surface area contributed by atoms with E-state index in [0.717, 1.165) is 38.6 Å². The van der Waals surface area contributed by atoms with Gasteiger partial charge < -0.3 is 19.7 Å². The van der Waals surface area contributed by atoms with E-state index in [9.17, 15) is 4.79 Å². The van der Waals surface area contributed by atoms with Crippen molar-refractivity contribution in [2.45, 2.75) is 57.3 Å². The van der Waals surface area contributed by atoms with Crippen LogP contribution in [0.5, 0.6) is 0 Å². The number of carbonyl (C=O) groups is 1. The summed E-state index contributed by atoms with van der Waals surface area (Å²) >= 11 is 0. The van der Waals surface area contributed by atoms with Crippen LogP contribution in [0.2, 0.25) is 0 Å². The first-order valence-corrected chi connectivity index (χ1v) is 9.55. The average Bonchev–Trinajstić information content (AvgIpc) is 2.99. The summed E-state index contributed by atoms with van der Waals surface area (Å²) < 4.78 is 11.7. The largest absolute Gasteiger partial charge is 0.347 e. The number of nitrogens with one attached hydrogen (secondary N) is 1. The van der Waals surface area contributed by atoms with Gasteiger partial charge in [-0.15, -0.1) is 0 Å². The molecule has 3 rings (SSSR count). The third-order valence-electron chi connectivity index (χ3n) is 5.07. The maximum Gasteiger partial charge on any atom is 0.317 e. The number of likely N-dealkylation sites (tertiary alicyclic amines) is 1. The summed E-state index contributed by atoms with van der Waals surface area (Å²) in [5.74, 6) is -0.437. The van der Waals surface area contributed by atoms with Gasteiger partial charge in [0.2, 0.25) is 0 Å². The number of amides is 2. The third kappa shape index (κ3) is 5.19. The van der Waals surface area contributed by atoms with Crippen LogP contribution in [0.25, 0.3) is 0 Å². The van der Waals surface area contributed by atoms with Crippen LogP contribution in [-0.4, -0.2) is 49.1 Å². The summed E-state index contributed by atoms with van der Waals surface area (Å²) in [6.07, 6.45) is 6.14. The van der Waals surface area contributed by atoms with E-state index < -0.39 is 5.79 Å². The van der Waals surface area contributed by atoms with Gasteiger partial charge in [-0.25, -0.2) is 4.79 Å². The van der Waals surface area contributed by atoms with E-state index in [4.69, 9.17) is 9.47 Å². The Bertz CT molecular complexity index is 541. The Morgan fingerprint density at radius 2 is 1.96 bits per heavy atom. The minimum absolute atomic E-state index is 0.0453. The molecule has 2 amide bonds. The van der Waals surface area contributed by atoms with Crippen molar-refractivity contribution in [1.82, 2.24) is 10.2 Å². The zero-order valence-corrected chi connectivity index (χ0v) is 15.2. The van der Waals surface area contributed by atoms with E-state index in [0.29, 0.717) is 19.7 Å². The fourth-order valence-corrected chi connectivity index (χ4v) is 3.60. The van der Waals surface area contributed by atoms with Crippen LogP contribution in [0.3, 0.4) is 0 Å². The van der Waals surface area contributed by atoms with Crippen LogP contribution >= 0.6 is 0 Å². The summed E-state index contributed by atoms with van der Waals surface area (Å²) in [6.45, 7) is 4.85. The van der Waals surface area contributed by atoms with Crippen molar-refractivity contribution in [2.75, 3.05) is 26.2 Å². The lowest BCUT2D eigenvalue weighted by Gasteiger charge is -2.37. The topological polar surface area (TPSA) is 50.8 Å². The molecular weight excluding hydrogens is 316 g/mol. The smallest absolute Gasteiger partial charge is 0.317 e. The zero-order chi connectivity index (χ0) is 17.5. The molecule has 5 nitrogen and oxygen atoms in total.